The first-order chi connectivity index (χ1) is 12.5. The molecule has 0 unspecified atom stereocenters. The number of H-pyrrole nitrogens is 1. The number of carbonyl (C=O) groups excluding carboxylic acids is 1. The van der Waals surface area contributed by atoms with Crippen LogP contribution in [0, 0.1) is 0 Å². The van der Waals surface area contributed by atoms with Crippen molar-refractivity contribution < 1.29 is 14.7 Å². The Labute approximate surface area is 146 Å². The quantitative estimate of drug-likeness (QED) is 0.705. The number of aromatic nitrogens is 4. The molecule has 0 radical (unpaired) electrons. The topological polar surface area (TPSA) is 121 Å². The zero-order valence-corrected chi connectivity index (χ0v) is 13.7. The molecule has 0 saturated heterocycles. The summed E-state index contributed by atoms with van der Waals surface area (Å²) in [5, 5.41) is 13.4. The molecule has 2 N–H and O–H groups in total. The number of rotatable bonds is 4. The molecule has 9 heteroatoms. The number of carboxylic acids is 1. The van der Waals surface area contributed by atoms with E-state index in [2.05, 4.69) is 15.1 Å². The van der Waals surface area contributed by atoms with Crippen molar-refractivity contribution in [3.63, 3.8) is 0 Å². The van der Waals surface area contributed by atoms with Gasteiger partial charge in [-0.15, -0.1) is 0 Å². The maximum Gasteiger partial charge on any atom is 0.356 e. The Morgan fingerprint density at radius 3 is 2.85 bits per heavy atom. The van der Waals surface area contributed by atoms with Crippen LogP contribution >= 0.6 is 0 Å². The number of nitrogens with zero attached hydrogens (tertiary/aromatic N) is 4. The number of hydrogen-bond donors (Lipinski definition) is 2. The molecule has 0 saturated carbocycles. The number of carbonyl (C=O) groups is 2. The summed E-state index contributed by atoms with van der Waals surface area (Å²) < 4.78 is 1.42. The third-order valence-corrected chi connectivity index (χ3v) is 4.37. The lowest BCUT2D eigenvalue weighted by atomic mass is 10.2. The van der Waals surface area contributed by atoms with Crippen LogP contribution in [0.15, 0.2) is 35.1 Å². The summed E-state index contributed by atoms with van der Waals surface area (Å²) in [6.45, 7) is 1.22. The molecule has 1 amide bonds. The molecular formula is C17H15N5O4. The Morgan fingerprint density at radius 1 is 1.23 bits per heavy atom. The Balaban J connectivity index is 1.52. The maximum atomic E-state index is 12.5. The van der Waals surface area contributed by atoms with E-state index in [1.807, 2.05) is 6.07 Å². The number of fused-ring (bicyclic) bond motifs is 2. The van der Waals surface area contributed by atoms with Crippen molar-refractivity contribution >= 4 is 22.8 Å². The highest BCUT2D eigenvalue weighted by Gasteiger charge is 2.27. The summed E-state index contributed by atoms with van der Waals surface area (Å²) in [7, 11) is 0. The third kappa shape index (κ3) is 2.73. The number of para-hydroxylation sites is 1. The average molecular weight is 353 g/mol. The molecule has 2 aromatic heterocycles. The highest BCUT2D eigenvalue weighted by atomic mass is 16.4. The van der Waals surface area contributed by atoms with E-state index in [-0.39, 0.29) is 22.9 Å². The molecule has 0 fully saturated rings. The van der Waals surface area contributed by atoms with Crippen molar-refractivity contribution in [1.29, 1.82) is 0 Å². The van der Waals surface area contributed by atoms with E-state index in [0.29, 0.717) is 42.8 Å². The van der Waals surface area contributed by atoms with Crippen molar-refractivity contribution in [2.45, 2.75) is 13.0 Å². The van der Waals surface area contributed by atoms with Crippen molar-refractivity contribution in [1.82, 2.24) is 24.6 Å². The summed E-state index contributed by atoms with van der Waals surface area (Å²) in [6, 6.07) is 8.35. The molecule has 0 aliphatic carbocycles. The van der Waals surface area contributed by atoms with Gasteiger partial charge in [0.2, 0.25) is 0 Å². The van der Waals surface area contributed by atoms with Gasteiger partial charge >= 0.3 is 5.97 Å². The Morgan fingerprint density at radius 2 is 2.04 bits per heavy atom. The van der Waals surface area contributed by atoms with Gasteiger partial charge in [-0.1, -0.05) is 12.1 Å². The highest BCUT2D eigenvalue weighted by molar-refractivity contribution is 5.96. The second kappa shape index (κ2) is 6.10. The summed E-state index contributed by atoms with van der Waals surface area (Å²) in [5.74, 6) is -0.935. The molecule has 3 aromatic rings. The molecule has 0 atom stereocenters. The number of nitrogens with one attached hydrogen (secondary N) is 1. The Kier molecular flexibility index (Phi) is 3.76. The van der Waals surface area contributed by atoms with Gasteiger partial charge in [-0.3, -0.25) is 14.3 Å². The molecule has 26 heavy (non-hydrogen) atoms. The summed E-state index contributed by atoms with van der Waals surface area (Å²) in [6.07, 6.45) is 0.395. The van der Waals surface area contributed by atoms with Gasteiger partial charge in [0, 0.05) is 25.6 Å². The van der Waals surface area contributed by atoms with Gasteiger partial charge in [0.15, 0.2) is 5.69 Å². The maximum absolute atomic E-state index is 12.5. The van der Waals surface area contributed by atoms with Gasteiger partial charge in [-0.2, -0.15) is 5.10 Å². The lowest BCUT2D eigenvalue weighted by Gasteiger charge is -2.27. The van der Waals surface area contributed by atoms with Gasteiger partial charge in [0.1, 0.15) is 11.5 Å². The van der Waals surface area contributed by atoms with Crippen LogP contribution in [0.3, 0.4) is 0 Å². The molecule has 0 bridgehead atoms. The fourth-order valence-corrected chi connectivity index (χ4v) is 3.05. The number of benzene rings is 1. The largest absolute Gasteiger partial charge is 0.476 e. The Bertz CT molecular complexity index is 1080. The second-order valence-electron chi connectivity index (χ2n) is 6.02. The predicted octanol–water partition coefficient (Wildman–Crippen LogP) is 0.516. The van der Waals surface area contributed by atoms with Gasteiger partial charge in [0.25, 0.3) is 11.5 Å². The summed E-state index contributed by atoms with van der Waals surface area (Å²) in [5.41, 5.74) is 0.518. The fourth-order valence-electron chi connectivity index (χ4n) is 3.05. The van der Waals surface area contributed by atoms with Gasteiger partial charge in [-0.05, 0) is 12.1 Å². The van der Waals surface area contributed by atoms with E-state index in [9.17, 15) is 14.4 Å². The van der Waals surface area contributed by atoms with Crippen LogP contribution in [0.5, 0.6) is 0 Å². The van der Waals surface area contributed by atoms with Gasteiger partial charge < -0.3 is 15.0 Å². The monoisotopic (exact) mass is 353 g/mol. The minimum atomic E-state index is -1.16. The smallest absolute Gasteiger partial charge is 0.356 e. The lowest BCUT2D eigenvalue weighted by molar-refractivity contribution is 0.0678. The standard InChI is InChI=1S/C17H15N5O4/c23-15-10-3-1-2-4-11(10)18-14(19-15)5-6-21-7-8-22-13(16(21)24)9-12(20-22)17(25)26/h1-4,9H,5-8H2,(H,25,26)(H,18,19,23). The predicted molar refractivity (Wildman–Crippen MR) is 91.2 cm³/mol. The van der Waals surface area contributed by atoms with Crippen LogP contribution < -0.4 is 5.56 Å². The van der Waals surface area contributed by atoms with Crippen LogP contribution in [-0.4, -0.2) is 54.7 Å². The van der Waals surface area contributed by atoms with Gasteiger partial charge in [-0.25, -0.2) is 9.78 Å². The van der Waals surface area contributed by atoms with E-state index < -0.39 is 5.97 Å². The molecule has 1 aromatic carbocycles. The second-order valence-corrected chi connectivity index (χ2v) is 6.02. The van der Waals surface area contributed by atoms with E-state index in [0.717, 1.165) is 0 Å². The molecule has 9 nitrogen and oxygen atoms in total. The van der Waals surface area contributed by atoms with Crippen LogP contribution in [0.2, 0.25) is 0 Å². The first-order valence-electron chi connectivity index (χ1n) is 8.11. The molecule has 1 aliphatic heterocycles. The number of amides is 1. The minimum Gasteiger partial charge on any atom is -0.476 e. The molecule has 0 spiro atoms. The zero-order valence-electron chi connectivity index (χ0n) is 13.7. The fraction of sp³-hybridized carbons (Fsp3) is 0.235. The molecule has 4 rings (SSSR count). The van der Waals surface area contributed by atoms with Crippen molar-refractivity contribution in [3.05, 3.63) is 57.9 Å². The molecule has 132 valence electrons. The number of aromatic carboxylic acids is 1. The van der Waals surface area contributed by atoms with E-state index in [1.165, 1.54) is 10.7 Å². The average Bonchev–Trinajstić information content (AvgIpc) is 3.07. The van der Waals surface area contributed by atoms with Crippen LogP contribution in [-0.2, 0) is 13.0 Å². The summed E-state index contributed by atoms with van der Waals surface area (Å²) in [4.78, 5) is 44.4. The van der Waals surface area contributed by atoms with Gasteiger partial charge in [0.05, 0.1) is 17.4 Å². The number of aromatic amines is 1. The van der Waals surface area contributed by atoms with Crippen LogP contribution in [0.4, 0.5) is 0 Å². The van der Waals surface area contributed by atoms with Crippen LogP contribution in [0.25, 0.3) is 10.9 Å². The minimum absolute atomic E-state index is 0.143. The lowest BCUT2D eigenvalue weighted by Crippen LogP contribution is -2.41. The molecule has 1 aliphatic rings. The van der Waals surface area contributed by atoms with Crippen molar-refractivity contribution in [2.75, 3.05) is 13.1 Å². The highest BCUT2D eigenvalue weighted by Crippen LogP contribution is 2.14. The number of hydrogen-bond acceptors (Lipinski definition) is 5. The Hall–Kier alpha value is -3.49. The normalized spacial score (nSPS) is 13.8. The van der Waals surface area contributed by atoms with Crippen LogP contribution in [0.1, 0.15) is 26.8 Å². The first kappa shape index (κ1) is 16.0. The third-order valence-electron chi connectivity index (χ3n) is 4.37. The van der Waals surface area contributed by atoms with Crippen molar-refractivity contribution in [3.8, 4) is 0 Å². The van der Waals surface area contributed by atoms with E-state index >= 15 is 0 Å². The van der Waals surface area contributed by atoms with Crippen molar-refractivity contribution in [2.24, 2.45) is 0 Å². The van der Waals surface area contributed by atoms with E-state index in [4.69, 9.17) is 5.11 Å². The SMILES string of the molecule is O=C(O)c1cc2n(n1)CCN(CCc1nc3ccccc3c(=O)[nH]1)C2=O. The molecule has 3 heterocycles. The zero-order chi connectivity index (χ0) is 18.3. The van der Waals surface area contributed by atoms with E-state index in [1.54, 1.807) is 23.1 Å². The number of carboxylic acid groups (broad SMARTS) is 1. The first-order valence-corrected chi connectivity index (χ1v) is 8.11. The molecular weight excluding hydrogens is 338 g/mol. The summed E-state index contributed by atoms with van der Waals surface area (Å²) >= 11 is 0.